The monoisotopic (exact) mass is 218 g/mol. The number of carbonyl (C=O) groups excluding carboxylic acids is 1. The van der Waals surface area contributed by atoms with E-state index in [0.29, 0.717) is 0 Å². The highest BCUT2D eigenvalue weighted by molar-refractivity contribution is 5.83. The summed E-state index contributed by atoms with van der Waals surface area (Å²) in [6, 6.07) is 9.32. The van der Waals surface area contributed by atoms with Crippen LogP contribution < -0.4 is 5.32 Å². The van der Waals surface area contributed by atoms with Gasteiger partial charge < -0.3 is 10.2 Å². The molecule has 0 bridgehead atoms. The SMILES string of the molecule is C=C(N[C@@H](C(C)=O)c1ccccc1)N(C)C. The van der Waals surface area contributed by atoms with Gasteiger partial charge in [0.1, 0.15) is 6.04 Å². The maximum absolute atomic E-state index is 11.6. The van der Waals surface area contributed by atoms with E-state index >= 15 is 0 Å². The Morgan fingerprint density at radius 1 is 1.31 bits per heavy atom. The molecule has 0 unspecified atom stereocenters. The second kappa shape index (κ2) is 5.35. The van der Waals surface area contributed by atoms with Crippen molar-refractivity contribution in [2.45, 2.75) is 13.0 Å². The Hall–Kier alpha value is -1.77. The molecule has 16 heavy (non-hydrogen) atoms. The second-order valence-corrected chi connectivity index (χ2v) is 3.94. The summed E-state index contributed by atoms with van der Waals surface area (Å²) >= 11 is 0. The summed E-state index contributed by atoms with van der Waals surface area (Å²) in [5.41, 5.74) is 0.956. The number of hydrogen-bond acceptors (Lipinski definition) is 3. The predicted octanol–water partition coefficient (Wildman–Crippen LogP) is 1.94. The van der Waals surface area contributed by atoms with Crippen molar-refractivity contribution in [3.05, 3.63) is 48.3 Å². The first-order valence-corrected chi connectivity index (χ1v) is 5.20. The van der Waals surface area contributed by atoms with E-state index in [-0.39, 0.29) is 11.8 Å². The van der Waals surface area contributed by atoms with Crippen LogP contribution in [0.2, 0.25) is 0 Å². The van der Waals surface area contributed by atoms with E-state index in [4.69, 9.17) is 0 Å². The van der Waals surface area contributed by atoms with Gasteiger partial charge in [-0.05, 0) is 12.5 Å². The molecule has 3 heteroatoms. The lowest BCUT2D eigenvalue weighted by molar-refractivity contribution is -0.119. The van der Waals surface area contributed by atoms with Gasteiger partial charge in [-0.3, -0.25) is 4.79 Å². The highest BCUT2D eigenvalue weighted by Gasteiger charge is 2.16. The number of benzene rings is 1. The van der Waals surface area contributed by atoms with E-state index in [1.54, 1.807) is 6.92 Å². The minimum atomic E-state index is -0.323. The summed E-state index contributed by atoms with van der Waals surface area (Å²) in [6.45, 7) is 5.44. The zero-order valence-electron chi connectivity index (χ0n) is 10.0. The lowest BCUT2D eigenvalue weighted by atomic mass is 10.0. The van der Waals surface area contributed by atoms with Crippen molar-refractivity contribution in [2.24, 2.45) is 0 Å². The Bertz CT molecular complexity index is 371. The number of Topliss-reactive ketones (excluding diaryl/α,β-unsaturated/α-hetero) is 1. The topological polar surface area (TPSA) is 32.3 Å². The van der Waals surface area contributed by atoms with E-state index < -0.39 is 0 Å². The van der Waals surface area contributed by atoms with Crippen LogP contribution in [0.25, 0.3) is 0 Å². The van der Waals surface area contributed by atoms with Crippen molar-refractivity contribution in [1.82, 2.24) is 10.2 Å². The van der Waals surface area contributed by atoms with E-state index in [1.165, 1.54) is 0 Å². The van der Waals surface area contributed by atoms with E-state index in [1.807, 2.05) is 49.3 Å². The molecule has 0 aliphatic rings. The van der Waals surface area contributed by atoms with Crippen LogP contribution in [-0.2, 0) is 4.79 Å². The third-order valence-corrected chi connectivity index (χ3v) is 2.39. The Labute approximate surface area is 96.8 Å². The molecule has 0 fully saturated rings. The van der Waals surface area contributed by atoms with Gasteiger partial charge in [-0.2, -0.15) is 0 Å². The first kappa shape index (κ1) is 12.3. The molecule has 1 atom stereocenters. The fourth-order valence-electron chi connectivity index (χ4n) is 1.36. The Morgan fingerprint density at radius 3 is 2.31 bits per heavy atom. The molecule has 1 N–H and O–H groups in total. The molecule has 0 aromatic heterocycles. The van der Waals surface area contributed by atoms with Crippen LogP contribution in [0, 0.1) is 0 Å². The van der Waals surface area contributed by atoms with Crippen molar-refractivity contribution in [1.29, 1.82) is 0 Å². The van der Waals surface area contributed by atoms with Crippen LogP contribution in [0.3, 0.4) is 0 Å². The molecule has 0 spiro atoms. The van der Waals surface area contributed by atoms with E-state index in [2.05, 4.69) is 11.9 Å². The van der Waals surface area contributed by atoms with Crippen molar-refractivity contribution in [3.8, 4) is 0 Å². The molecule has 0 saturated heterocycles. The molecule has 86 valence electrons. The van der Waals surface area contributed by atoms with Crippen molar-refractivity contribution in [2.75, 3.05) is 14.1 Å². The molecule has 0 aliphatic carbocycles. The van der Waals surface area contributed by atoms with Crippen LogP contribution in [0.15, 0.2) is 42.7 Å². The van der Waals surface area contributed by atoms with Gasteiger partial charge in [0.2, 0.25) is 0 Å². The van der Waals surface area contributed by atoms with Gasteiger partial charge in [0.25, 0.3) is 0 Å². The van der Waals surface area contributed by atoms with Crippen molar-refractivity contribution < 1.29 is 4.79 Å². The molecule has 0 heterocycles. The van der Waals surface area contributed by atoms with E-state index in [9.17, 15) is 4.79 Å². The Morgan fingerprint density at radius 2 is 1.88 bits per heavy atom. The minimum Gasteiger partial charge on any atom is -0.365 e. The van der Waals surface area contributed by atoms with Gasteiger partial charge >= 0.3 is 0 Å². The Kier molecular flexibility index (Phi) is 4.11. The summed E-state index contributed by atoms with van der Waals surface area (Å²) < 4.78 is 0. The molecule has 1 rings (SSSR count). The minimum absolute atomic E-state index is 0.0780. The van der Waals surface area contributed by atoms with E-state index in [0.717, 1.165) is 11.4 Å². The lowest BCUT2D eigenvalue weighted by Crippen LogP contribution is -2.32. The number of nitrogens with one attached hydrogen (secondary N) is 1. The van der Waals surface area contributed by atoms with Gasteiger partial charge in [-0.15, -0.1) is 0 Å². The average molecular weight is 218 g/mol. The highest BCUT2D eigenvalue weighted by Crippen LogP contribution is 2.15. The van der Waals surface area contributed by atoms with Gasteiger partial charge in [-0.1, -0.05) is 36.9 Å². The van der Waals surface area contributed by atoms with Gasteiger partial charge in [-0.25, -0.2) is 0 Å². The van der Waals surface area contributed by atoms with Crippen LogP contribution in [0.1, 0.15) is 18.5 Å². The number of hydrogen-bond donors (Lipinski definition) is 1. The highest BCUT2D eigenvalue weighted by atomic mass is 16.1. The fraction of sp³-hybridized carbons (Fsp3) is 0.308. The van der Waals surface area contributed by atoms with Crippen LogP contribution in [0.5, 0.6) is 0 Å². The molecular formula is C13H18N2O. The second-order valence-electron chi connectivity index (χ2n) is 3.94. The zero-order valence-corrected chi connectivity index (χ0v) is 10.0. The summed E-state index contributed by atoms with van der Waals surface area (Å²) in [7, 11) is 3.77. The van der Waals surface area contributed by atoms with Crippen LogP contribution in [-0.4, -0.2) is 24.8 Å². The quantitative estimate of drug-likeness (QED) is 0.819. The maximum Gasteiger partial charge on any atom is 0.156 e. The molecule has 0 radical (unpaired) electrons. The van der Waals surface area contributed by atoms with Crippen molar-refractivity contribution >= 4 is 5.78 Å². The molecule has 0 saturated carbocycles. The van der Waals surface area contributed by atoms with Gasteiger partial charge in [0.15, 0.2) is 5.78 Å². The third-order valence-electron chi connectivity index (χ3n) is 2.39. The summed E-state index contributed by atoms with van der Waals surface area (Å²) in [4.78, 5) is 13.4. The Balaban J connectivity index is 2.85. The number of carbonyl (C=O) groups is 1. The first-order valence-electron chi connectivity index (χ1n) is 5.20. The summed E-state index contributed by atoms with van der Waals surface area (Å²) in [5, 5.41) is 3.11. The number of nitrogens with zero attached hydrogens (tertiary/aromatic N) is 1. The molecule has 1 aromatic rings. The first-order chi connectivity index (χ1) is 7.52. The molecule has 1 aromatic carbocycles. The van der Waals surface area contributed by atoms with Gasteiger partial charge in [0.05, 0.1) is 5.82 Å². The smallest absolute Gasteiger partial charge is 0.156 e. The third kappa shape index (κ3) is 3.12. The van der Waals surface area contributed by atoms with Crippen molar-refractivity contribution in [3.63, 3.8) is 0 Å². The normalized spacial score (nSPS) is 11.7. The predicted molar refractivity (Wildman–Crippen MR) is 65.8 cm³/mol. The molecular weight excluding hydrogens is 200 g/mol. The lowest BCUT2D eigenvalue weighted by Gasteiger charge is -2.23. The maximum atomic E-state index is 11.6. The zero-order chi connectivity index (χ0) is 12.1. The summed E-state index contributed by atoms with van der Waals surface area (Å²) in [6.07, 6.45) is 0. The van der Waals surface area contributed by atoms with Crippen LogP contribution in [0.4, 0.5) is 0 Å². The number of rotatable bonds is 5. The average Bonchev–Trinajstić information content (AvgIpc) is 2.26. The summed E-state index contributed by atoms with van der Waals surface area (Å²) in [5.74, 6) is 0.804. The van der Waals surface area contributed by atoms with Crippen LogP contribution >= 0.6 is 0 Å². The standard InChI is InChI=1S/C13H18N2O/c1-10(16)13(14-11(2)15(3)4)12-8-6-5-7-9-12/h5-9,13-14H,2H2,1,3-4H3/t13-/m0/s1. The largest absolute Gasteiger partial charge is 0.365 e. The molecule has 0 amide bonds. The fourth-order valence-corrected chi connectivity index (χ4v) is 1.36. The molecule has 3 nitrogen and oxygen atoms in total. The molecule has 0 aliphatic heterocycles. The van der Waals surface area contributed by atoms with Gasteiger partial charge in [0, 0.05) is 14.1 Å². The number of ketones is 1.